The molecule has 46 heavy (non-hydrogen) atoms. The summed E-state index contributed by atoms with van der Waals surface area (Å²) in [5.41, 5.74) is 7.40. The number of hydrogen-bond donors (Lipinski definition) is 4. The van der Waals surface area contributed by atoms with Gasteiger partial charge in [0.15, 0.2) is 13.2 Å². The fraction of sp³-hybridized carbons (Fsp3) is 0.111. The van der Waals surface area contributed by atoms with Gasteiger partial charge in [-0.2, -0.15) is 0 Å². The first-order chi connectivity index (χ1) is 22.4. The molecule has 4 N–H and O–H groups in total. The number of allylic oxidation sites excluding steroid dienone is 5. The van der Waals surface area contributed by atoms with Gasteiger partial charge in [0, 0.05) is 27.5 Å². The number of aliphatic imine (C=N–C) groups is 2. The number of hydrogen-bond acceptors (Lipinski definition) is 7. The smallest absolute Gasteiger partial charge is 0.341 e. The number of nitrogens with zero attached hydrogens (tertiary/aromatic N) is 2. The van der Waals surface area contributed by atoms with Crippen LogP contribution in [0.25, 0.3) is 17.2 Å². The van der Waals surface area contributed by atoms with Crippen LogP contribution >= 0.6 is 0 Å². The molecule has 0 saturated carbocycles. The summed E-state index contributed by atoms with van der Waals surface area (Å²) >= 11 is 0. The summed E-state index contributed by atoms with van der Waals surface area (Å²) in [7, 11) is 0. The molecule has 1 atom stereocenters. The normalized spacial score (nSPS) is 20.7. The number of nitrogens with one attached hydrogen (secondary N) is 2. The van der Waals surface area contributed by atoms with E-state index in [1.54, 1.807) is 12.1 Å². The summed E-state index contributed by atoms with van der Waals surface area (Å²) in [6, 6.07) is 18.6. The van der Waals surface area contributed by atoms with Crippen molar-refractivity contribution >= 4 is 40.6 Å². The first-order valence-corrected chi connectivity index (χ1v) is 14.7. The van der Waals surface area contributed by atoms with E-state index in [-0.39, 0.29) is 6.04 Å². The summed E-state index contributed by atoms with van der Waals surface area (Å²) in [4.78, 5) is 35.6. The van der Waals surface area contributed by atoms with E-state index in [0.717, 1.165) is 67.9 Å². The second kappa shape index (κ2) is 12.1. The minimum atomic E-state index is -1.05. The number of aromatic nitrogens is 1. The van der Waals surface area contributed by atoms with Crippen LogP contribution in [-0.2, 0) is 9.59 Å². The minimum absolute atomic E-state index is 0.0265. The molecule has 10 heteroatoms. The zero-order valence-corrected chi connectivity index (χ0v) is 24.4. The number of rotatable bonds is 8. The lowest BCUT2D eigenvalue weighted by Gasteiger charge is -2.16. The van der Waals surface area contributed by atoms with Gasteiger partial charge in [0.1, 0.15) is 11.5 Å². The summed E-state index contributed by atoms with van der Waals surface area (Å²) in [6.45, 7) is -0.864. The predicted molar refractivity (Wildman–Crippen MR) is 174 cm³/mol. The third-order valence-corrected chi connectivity index (χ3v) is 7.64. The number of fused-ring (bicyclic) bond motifs is 6. The molecule has 10 nitrogen and oxygen atoms in total. The third kappa shape index (κ3) is 6.09. The lowest BCUT2D eigenvalue weighted by atomic mass is 10.00. The average Bonchev–Trinajstić information content (AvgIpc) is 3.87. The Balaban J connectivity index is 1.35. The van der Waals surface area contributed by atoms with Gasteiger partial charge in [0.2, 0.25) is 0 Å². The van der Waals surface area contributed by atoms with Crippen LogP contribution in [0.4, 0.5) is 0 Å². The van der Waals surface area contributed by atoms with Crippen LogP contribution in [0.1, 0.15) is 17.5 Å². The van der Waals surface area contributed by atoms with E-state index in [9.17, 15) is 9.59 Å². The molecule has 0 saturated heterocycles. The van der Waals surface area contributed by atoms with E-state index in [0.29, 0.717) is 11.5 Å². The number of carboxylic acids is 2. The molecule has 4 aliphatic heterocycles. The fourth-order valence-corrected chi connectivity index (χ4v) is 5.72. The van der Waals surface area contributed by atoms with Gasteiger partial charge in [0.25, 0.3) is 0 Å². The van der Waals surface area contributed by atoms with E-state index >= 15 is 0 Å². The molecule has 4 aliphatic rings. The summed E-state index contributed by atoms with van der Waals surface area (Å²) in [5.74, 6) is -1.18. The highest BCUT2D eigenvalue weighted by Gasteiger charge is 2.24. The molecular formula is C36H28N4O6. The molecule has 228 valence electrons. The summed E-state index contributed by atoms with van der Waals surface area (Å²) < 4.78 is 11.0. The Morgan fingerprint density at radius 3 is 2.26 bits per heavy atom. The van der Waals surface area contributed by atoms with Gasteiger partial charge in [-0.25, -0.2) is 19.6 Å². The van der Waals surface area contributed by atoms with Crippen molar-refractivity contribution in [2.24, 2.45) is 9.98 Å². The van der Waals surface area contributed by atoms with Crippen molar-refractivity contribution in [3.8, 4) is 11.5 Å². The van der Waals surface area contributed by atoms with Crippen LogP contribution in [0.5, 0.6) is 11.5 Å². The maximum Gasteiger partial charge on any atom is 0.341 e. The highest BCUT2D eigenvalue weighted by atomic mass is 16.5. The van der Waals surface area contributed by atoms with Crippen molar-refractivity contribution in [3.05, 3.63) is 136 Å². The Bertz CT molecular complexity index is 2130. The van der Waals surface area contributed by atoms with Crippen molar-refractivity contribution < 1.29 is 29.3 Å². The molecule has 0 radical (unpaired) electrons. The van der Waals surface area contributed by atoms with Crippen molar-refractivity contribution in [1.29, 1.82) is 0 Å². The molecule has 0 spiro atoms. The number of benzene rings is 2. The molecule has 3 aromatic rings. The fourth-order valence-electron chi connectivity index (χ4n) is 5.72. The molecule has 1 unspecified atom stereocenters. The van der Waals surface area contributed by atoms with Crippen molar-refractivity contribution in [3.63, 3.8) is 0 Å². The number of carbonyl (C=O) groups is 2. The van der Waals surface area contributed by atoms with E-state index in [4.69, 9.17) is 29.7 Å². The van der Waals surface area contributed by atoms with Crippen LogP contribution in [0.3, 0.4) is 0 Å². The SMILES string of the molecule is O=C(O)COc1cccc(/C2=C3\C=CC(=N3)C=c3cc/c([nH]3)=C(\c3cccc(OCC(=O)O)c3)C3=NC(=CC4CC=C2N4)C=C3)c1. The van der Waals surface area contributed by atoms with Crippen molar-refractivity contribution in [2.45, 2.75) is 12.5 Å². The van der Waals surface area contributed by atoms with Gasteiger partial charge in [-0.15, -0.1) is 0 Å². The number of aliphatic carboxylic acids is 2. The summed E-state index contributed by atoms with van der Waals surface area (Å²) in [5, 5.41) is 23.5. The lowest BCUT2D eigenvalue weighted by Crippen LogP contribution is -2.21. The zero-order chi connectivity index (χ0) is 31.6. The molecule has 8 bridgehead atoms. The van der Waals surface area contributed by atoms with E-state index < -0.39 is 25.2 Å². The molecule has 7 rings (SSSR count). The predicted octanol–water partition coefficient (Wildman–Crippen LogP) is 3.50. The highest BCUT2D eigenvalue weighted by molar-refractivity contribution is 6.30. The maximum atomic E-state index is 11.1. The minimum Gasteiger partial charge on any atom is -0.482 e. The van der Waals surface area contributed by atoms with Gasteiger partial charge in [0.05, 0.1) is 28.9 Å². The Morgan fingerprint density at radius 1 is 0.826 bits per heavy atom. The highest BCUT2D eigenvalue weighted by Crippen LogP contribution is 2.34. The lowest BCUT2D eigenvalue weighted by molar-refractivity contribution is -0.140. The van der Waals surface area contributed by atoms with Gasteiger partial charge < -0.3 is 30.0 Å². The Hall–Kier alpha value is -6.16. The van der Waals surface area contributed by atoms with Gasteiger partial charge in [-0.1, -0.05) is 30.3 Å². The second-order valence-electron chi connectivity index (χ2n) is 10.9. The molecular weight excluding hydrogens is 584 g/mol. The van der Waals surface area contributed by atoms with Crippen LogP contribution in [0.15, 0.2) is 124 Å². The van der Waals surface area contributed by atoms with Crippen LogP contribution in [-0.4, -0.2) is 57.8 Å². The van der Waals surface area contributed by atoms with Gasteiger partial charge in [-0.3, -0.25) is 0 Å². The van der Waals surface area contributed by atoms with E-state index in [2.05, 4.69) is 22.5 Å². The Morgan fingerprint density at radius 2 is 1.54 bits per heavy atom. The molecule has 0 fully saturated rings. The van der Waals surface area contributed by atoms with E-state index in [1.165, 1.54) is 0 Å². The second-order valence-corrected chi connectivity index (χ2v) is 10.9. The number of H-pyrrole nitrogens is 1. The first-order valence-electron chi connectivity index (χ1n) is 14.7. The van der Waals surface area contributed by atoms with Crippen molar-refractivity contribution in [2.75, 3.05) is 13.2 Å². The number of carboxylic acid groups (broad SMARTS) is 2. The third-order valence-electron chi connectivity index (χ3n) is 7.64. The number of ether oxygens (including phenoxy) is 2. The maximum absolute atomic E-state index is 11.1. The topological polar surface area (TPSA) is 146 Å². The largest absolute Gasteiger partial charge is 0.482 e. The van der Waals surface area contributed by atoms with E-state index in [1.807, 2.05) is 78.9 Å². The Kier molecular flexibility index (Phi) is 7.51. The molecule has 1 aromatic heterocycles. The standard InChI is InChI=1S/C36H28N4O6/c41-33(42)19-45-27-5-1-3-21(15-27)35-29-11-7-23(37-29)17-25-9-13-31(39-25)36(22-4-2-6-28(16-22)46-20-34(43)44)32-14-10-26(40-32)18-24-8-12-30(35)38-24/h1-9,11-18,26,37,40H,10,19-20H2,(H,41,42)(H,43,44)/b23-17?,24-18?,35-29-,36-31-. The monoisotopic (exact) mass is 612 g/mol. The number of aromatic amines is 1. The van der Waals surface area contributed by atoms with Gasteiger partial charge in [-0.05, 0) is 90.4 Å². The van der Waals surface area contributed by atoms with Crippen LogP contribution < -0.4 is 25.5 Å². The first kappa shape index (κ1) is 28.6. The molecule has 0 amide bonds. The molecule has 2 aromatic carbocycles. The average molecular weight is 613 g/mol. The Labute approximate surface area is 263 Å². The van der Waals surface area contributed by atoms with Gasteiger partial charge >= 0.3 is 11.9 Å². The summed E-state index contributed by atoms with van der Waals surface area (Å²) in [6.07, 6.45) is 14.8. The van der Waals surface area contributed by atoms with Crippen molar-refractivity contribution in [1.82, 2.24) is 10.3 Å². The zero-order valence-electron chi connectivity index (χ0n) is 24.4. The quantitative estimate of drug-likeness (QED) is 0.305. The van der Waals surface area contributed by atoms with Crippen LogP contribution in [0.2, 0.25) is 0 Å². The molecule has 0 aliphatic carbocycles. The molecule has 5 heterocycles. The van der Waals surface area contributed by atoms with Crippen LogP contribution in [0, 0.1) is 0 Å².